The van der Waals surface area contributed by atoms with Crippen molar-refractivity contribution >= 4 is 17.6 Å². The standard InChI is InChI=1S/C14H18N2O3/c1-9-5-6-11(10(8-9)14(18)19)16-13(17)12-4-2-3-7-15-12/h5-6,8,12,15H,2-4,7H2,1H3,(H,16,17)(H,18,19)/t12-/m0/s1. The van der Waals surface area contributed by atoms with Gasteiger partial charge in [-0.3, -0.25) is 4.79 Å². The lowest BCUT2D eigenvalue weighted by Crippen LogP contribution is -2.43. The van der Waals surface area contributed by atoms with Crippen LogP contribution in [-0.2, 0) is 4.79 Å². The molecule has 1 amide bonds. The Morgan fingerprint density at radius 1 is 1.37 bits per heavy atom. The summed E-state index contributed by atoms with van der Waals surface area (Å²) in [6.45, 7) is 2.65. The third kappa shape index (κ3) is 3.32. The van der Waals surface area contributed by atoms with Crippen LogP contribution >= 0.6 is 0 Å². The van der Waals surface area contributed by atoms with Crippen LogP contribution in [0.2, 0.25) is 0 Å². The first-order chi connectivity index (χ1) is 9.08. The van der Waals surface area contributed by atoms with Gasteiger partial charge in [0.15, 0.2) is 0 Å². The first kappa shape index (κ1) is 13.5. The fourth-order valence-electron chi connectivity index (χ4n) is 2.24. The minimum atomic E-state index is -1.03. The molecule has 0 aromatic heterocycles. The van der Waals surface area contributed by atoms with E-state index < -0.39 is 5.97 Å². The van der Waals surface area contributed by atoms with E-state index in [0.29, 0.717) is 5.69 Å². The van der Waals surface area contributed by atoms with Crippen molar-refractivity contribution < 1.29 is 14.7 Å². The van der Waals surface area contributed by atoms with Crippen LogP contribution in [0, 0.1) is 6.92 Å². The minimum absolute atomic E-state index is 0.129. The average Bonchev–Trinajstić information content (AvgIpc) is 2.41. The van der Waals surface area contributed by atoms with E-state index in [9.17, 15) is 9.59 Å². The summed E-state index contributed by atoms with van der Waals surface area (Å²) in [6, 6.07) is 4.76. The molecule has 1 heterocycles. The molecule has 5 heteroatoms. The second-order valence-corrected chi connectivity index (χ2v) is 4.85. The summed E-state index contributed by atoms with van der Waals surface area (Å²) in [5.41, 5.74) is 1.34. The Labute approximate surface area is 112 Å². The fourth-order valence-corrected chi connectivity index (χ4v) is 2.24. The van der Waals surface area contributed by atoms with Crippen molar-refractivity contribution in [3.05, 3.63) is 29.3 Å². The number of anilines is 1. The quantitative estimate of drug-likeness (QED) is 0.775. The van der Waals surface area contributed by atoms with E-state index in [1.165, 1.54) is 0 Å². The van der Waals surface area contributed by atoms with E-state index in [4.69, 9.17) is 5.11 Å². The van der Waals surface area contributed by atoms with E-state index >= 15 is 0 Å². The van der Waals surface area contributed by atoms with Crippen LogP contribution in [0.25, 0.3) is 0 Å². The number of amides is 1. The molecule has 0 radical (unpaired) electrons. The highest BCUT2D eigenvalue weighted by Crippen LogP contribution is 2.18. The molecule has 3 N–H and O–H groups in total. The molecule has 1 aromatic rings. The van der Waals surface area contributed by atoms with Gasteiger partial charge in [-0.05, 0) is 38.4 Å². The Bertz CT molecular complexity index is 493. The second-order valence-electron chi connectivity index (χ2n) is 4.85. The first-order valence-corrected chi connectivity index (χ1v) is 6.46. The van der Waals surface area contributed by atoms with Crippen molar-refractivity contribution in [2.45, 2.75) is 32.2 Å². The number of hydrogen-bond acceptors (Lipinski definition) is 3. The van der Waals surface area contributed by atoms with Crippen LogP contribution in [0.5, 0.6) is 0 Å². The number of rotatable bonds is 3. The second kappa shape index (κ2) is 5.84. The lowest BCUT2D eigenvalue weighted by molar-refractivity contribution is -0.118. The number of nitrogens with one attached hydrogen (secondary N) is 2. The lowest BCUT2D eigenvalue weighted by atomic mass is 10.0. The number of hydrogen-bond donors (Lipinski definition) is 3. The van der Waals surface area contributed by atoms with Gasteiger partial charge in [0.2, 0.25) is 5.91 Å². The van der Waals surface area contributed by atoms with Crippen LogP contribution in [-0.4, -0.2) is 29.6 Å². The molecule has 1 atom stereocenters. The Hall–Kier alpha value is -1.88. The number of benzene rings is 1. The van der Waals surface area contributed by atoms with Crippen molar-refractivity contribution in [1.82, 2.24) is 5.32 Å². The molecule has 0 unspecified atom stereocenters. The highest BCUT2D eigenvalue weighted by molar-refractivity contribution is 6.02. The van der Waals surface area contributed by atoms with Gasteiger partial charge < -0.3 is 15.7 Å². The summed E-state index contributed by atoms with van der Waals surface area (Å²) in [6.07, 6.45) is 2.89. The van der Waals surface area contributed by atoms with Gasteiger partial charge in [0, 0.05) is 0 Å². The van der Waals surface area contributed by atoms with Gasteiger partial charge in [0.25, 0.3) is 0 Å². The summed E-state index contributed by atoms with van der Waals surface area (Å²) >= 11 is 0. The molecule has 0 saturated carbocycles. The lowest BCUT2D eigenvalue weighted by Gasteiger charge is -2.22. The maximum Gasteiger partial charge on any atom is 0.337 e. The molecule has 1 saturated heterocycles. The molecule has 0 bridgehead atoms. The van der Waals surface area contributed by atoms with Crippen molar-refractivity contribution in [2.75, 3.05) is 11.9 Å². The molecular weight excluding hydrogens is 244 g/mol. The molecule has 1 aromatic carbocycles. The van der Waals surface area contributed by atoms with Gasteiger partial charge in [0.05, 0.1) is 17.3 Å². The SMILES string of the molecule is Cc1ccc(NC(=O)[C@@H]2CCCCN2)c(C(=O)O)c1. The zero-order valence-electron chi connectivity index (χ0n) is 10.9. The molecule has 19 heavy (non-hydrogen) atoms. The molecule has 5 nitrogen and oxygen atoms in total. The van der Waals surface area contributed by atoms with Crippen molar-refractivity contribution in [3.8, 4) is 0 Å². The number of carboxylic acid groups (broad SMARTS) is 1. The number of carbonyl (C=O) groups excluding carboxylic acids is 1. The fraction of sp³-hybridized carbons (Fsp3) is 0.429. The molecule has 0 aliphatic carbocycles. The molecule has 102 valence electrons. The highest BCUT2D eigenvalue weighted by Gasteiger charge is 2.22. The van der Waals surface area contributed by atoms with Crippen LogP contribution < -0.4 is 10.6 Å². The smallest absolute Gasteiger partial charge is 0.337 e. The summed E-state index contributed by atoms with van der Waals surface area (Å²) in [5, 5.41) is 15.0. The topological polar surface area (TPSA) is 78.4 Å². The largest absolute Gasteiger partial charge is 0.478 e. The number of aromatic carboxylic acids is 1. The van der Waals surface area contributed by atoms with Gasteiger partial charge in [-0.25, -0.2) is 4.79 Å². The van der Waals surface area contributed by atoms with E-state index in [2.05, 4.69) is 10.6 Å². The Morgan fingerprint density at radius 3 is 2.79 bits per heavy atom. The molecular formula is C14H18N2O3. The zero-order valence-corrected chi connectivity index (χ0v) is 10.9. The summed E-state index contributed by atoms with van der Waals surface area (Å²) in [7, 11) is 0. The van der Waals surface area contributed by atoms with Crippen LogP contribution in [0.3, 0.4) is 0 Å². The number of carbonyl (C=O) groups is 2. The molecule has 1 aliphatic heterocycles. The Kier molecular flexibility index (Phi) is 4.16. The summed E-state index contributed by atoms with van der Waals surface area (Å²) in [5.74, 6) is -1.19. The maximum absolute atomic E-state index is 12.1. The monoisotopic (exact) mass is 262 g/mol. The summed E-state index contributed by atoms with van der Waals surface area (Å²) < 4.78 is 0. The number of piperidine rings is 1. The summed E-state index contributed by atoms with van der Waals surface area (Å²) in [4.78, 5) is 23.2. The van der Waals surface area contributed by atoms with Gasteiger partial charge in [0.1, 0.15) is 0 Å². The van der Waals surface area contributed by atoms with Crippen LogP contribution in [0.4, 0.5) is 5.69 Å². The van der Waals surface area contributed by atoms with Crippen LogP contribution in [0.1, 0.15) is 35.2 Å². The van der Waals surface area contributed by atoms with E-state index in [1.54, 1.807) is 18.2 Å². The predicted octanol–water partition coefficient (Wildman–Crippen LogP) is 1.77. The van der Waals surface area contributed by atoms with Gasteiger partial charge in [-0.15, -0.1) is 0 Å². The third-order valence-corrected chi connectivity index (χ3v) is 3.29. The predicted molar refractivity (Wildman–Crippen MR) is 72.4 cm³/mol. The van der Waals surface area contributed by atoms with E-state index in [1.807, 2.05) is 6.92 Å². The van der Waals surface area contributed by atoms with E-state index in [0.717, 1.165) is 31.4 Å². The van der Waals surface area contributed by atoms with Crippen molar-refractivity contribution in [3.63, 3.8) is 0 Å². The third-order valence-electron chi connectivity index (χ3n) is 3.29. The van der Waals surface area contributed by atoms with Crippen LogP contribution in [0.15, 0.2) is 18.2 Å². The normalized spacial score (nSPS) is 18.9. The van der Waals surface area contributed by atoms with Gasteiger partial charge in [-0.2, -0.15) is 0 Å². The van der Waals surface area contributed by atoms with Gasteiger partial charge in [-0.1, -0.05) is 18.1 Å². The Balaban J connectivity index is 2.13. The molecule has 0 spiro atoms. The van der Waals surface area contributed by atoms with E-state index in [-0.39, 0.29) is 17.5 Å². The van der Waals surface area contributed by atoms with Gasteiger partial charge >= 0.3 is 5.97 Å². The average molecular weight is 262 g/mol. The zero-order chi connectivity index (χ0) is 13.8. The van der Waals surface area contributed by atoms with Crippen molar-refractivity contribution in [1.29, 1.82) is 0 Å². The van der Waals surface area contributed by atoms with Crippen molar-refractivity contribution in [2.24, 2.45) is 0 Å². The maximum atomic E-state index is 12.1. The number of carboxylic acids is 1. The molecule has 2 rings (SSSR count). The minimum Gasteiger partial charge on any atom is -0.478 e. The highest BCUT2D eigenvalue weighted by atomic mass is 16.4. The molecule has 1 fully saturated rings. The Morgan fingerprint density at radius 2 is 2.16 bits per heavy atom. The first-order valence-electron chi connectivity index (χ1n) is 6.46. The molecule has 1 aliphatic rings. The number of aryl methyl sites for hydroxylation is 1.